The van der Waals surface area contributed by atoms with Crippen LogP contribution in [-0.4, -0.2) is 20.1 Å². The van der Waals surface area contributed by atoms with Crippen molar-refractivity contribution in [3.8, 4) is 11.5 Å². The predicted molar refractivity (Wildman–Crippen MR) is 82.3 cm³/mol. The number of methoxy groups -OCH3 is 2. The van der Waals surface area contributed by atoms with Crippen molar-refractivity contribution in [2.45, 2.75) is 0 Å². The Kier molecular flexibility index (Phi) is 4.61. The molecule has 0 bridgehead atoms. The van der Waals surface area contributed by atoms with Crippen LogP contribution in [0.15, 0.2) is 54.6 Å². The number of ether oxygens (including phenoxy) is 2. The third-order valence-electron chi connectivity index (χ3n) is 3.09. The lowest BCUT2D eigenvalue weighted by molar-refractivity contribution is -0.113. The van der Waals surface area contributed by atoms with Gasteiger partial charge in [0.25, 0.3) is 0 Å². The summed E-state index contributed by atoms with van der Waals surface area (Å²) in [5, 5.41) is 0. The Bertz CT molecular complexity index is 593. The Morgan fingerprint density at radius 3 is 1.52 bits per heavy atom. The summed E-state index contributed by atoms with van der Waals surface area (Å²) >= 11 is 0. The van der Waals surface area contributed by atoms with Crippen molar-refractivity contribution in [2.75, 3.05) is 14.2 Å². The highest BCUT2D eigenvalue weighted by Gasteiger charge is 2.07. The second-order valence-electron chi connectivity index (χ2n) is 4.42. The van der Waals surface area contributed by atoms with E-state index in [1.807, 2.05) is 48.5 Å². The summed E-state index contributed by atoms with van der Waals surface area (Å²) in [6.07, 6.45) is 1.42. The molecule has 21 heavy (non-hydrogen) atoms. The Hall–Kier alpha value is -2.75. The van der Waals surface area contributed by atoms with E-state index in [0.717, 1.165) is 28.2 Å². The van der Waals surface area contributed by atoms with Gasteiger partial charge in [0.15, 0.2) is 0 Å². The molecule has 2 aromatic carbocycles. The topological polar surface area (TPSA) is 61.5 Å². The number of rotatable bonds is 5. The quantitative estimate of drug-likeness (QED) is 0.858. The summed E-state index contributed by atoms with van der Waals surface area (Å²) in [7, 11) is 3.22. The fraction of sp³-hybridized carbons (Fsp3) is 0.118. The smallest absolute Gasteiger partial charge is 0.242 e. The van der Waals surface area contributed by atoms with Gasteiger partial charge in [-0.15, -0.1) is 0 Å². The molecule has 2 aromatic rings. The maximum Gasteiger partial charge on any atom is 0.242 e. The van der Waals surface area contributed by atoms with Gasteiger partial charge in [-0.1, -0.05) is 24.3 Å². The van der Waals surface area contributed by atoms with E-state index in [9.17, 15) is 4.79 Å². The summed E-state index contributed by atoms with van der Waals surface area (Å²) in [5.74, 6) is 1.02. The van der Waals surface area contributed by atoms with Crippen LogP contribution in [0.4, 0.5) is 0 Å². The van der Waals surface area contributed by atoms with Gasteiger partial charge in [-0.3, -0.25) is 4.79 Å². The van der Waals surface area contributed by atoms with Gasteiger partial charge < -0.3 is 15.2 Å². The maximum absolute atomic E-state index is 11.3. The standard InChI is InChI=1S/C17H17NO3/c1-20-14-7-3-12(4-8-14)16(11-17(18)19)13-5-9-15(21-2)10-6-13/h3-11H,1-2H3,(H2,18,19). The van der Waals surface area contributed by atoms with Crippen LogP contribution in [-0.2, 0) is 4.79 Å². The zero-order valence-electron chi connectivity index (χ0n) is 12.0. The molecule has 0 spiro atoms. The molecule has 0 heterocycles. The summed E-state index contributed by atoms with van der Waals surface area (Å²) in [5.41, 5.74) is 7.85. The molecule has 4 heteroatoms. The monoisotopic (exact) mass is 283 g/mol. The van der Waals surface area contributed by atoms with Gasteiger partial charge in [-0.2, -0.15) is 0 Å². The first kappa shape index (κ1) is 14.7. The van der Waals surface area contributed by atoms with Crippen LogP contribution in [0.5, 0.6) is 11.5 Å². The molecule has 0 saturated carbocycles. The van der Waals surface area contributed by atoms with Crippen molar-refractivity contribution in [2.24, 2.45) is 5.73 Å². The van der Waals surface area contributed by atoms with E-state index in [1.54, 1.807) is 14.2 Å². The fourth-order valence-corrected chi connectivity index (χ4v) is 2.02. The van der Waals surface area contributed by atoms with Crippen LogP contribution >= 0.6 is 0 Å². The van der Waals surface area contributed by atoms with E-state index >= 15 is 0 Å². The molecule has 0 saturated heterocycles. The van der Waals surface area contributed by atoms with E-state index in [1.165, 1.54) is 6.08 Å². The average Bonchev–Trinajstić information content (AvgIpc) is 2.53. The van der Waals surface area contributed by atoms with Crippen LogP contribution in [0.3, 0.4) is 0 Å². The van der Waals surface area contributed by atoms with E-state index in [4.69, 9.17) is 15.2 Å². The number of carbonyl (C=O) groups is 1. The Balaban J connectivity index is 2.44. The Labute approximate surface area is 123 Å². The lowest BCUT2D eigenvalue weighted by Gasteiger charge is -2.10. The van der Waals surface area contributed by atoms with Crippen molar-refractivity contribution >= 4 is 11.5 Å². The van der Waals surface area contributed by atoms with Crippen molar-refractivity contribution in [3.05, 3.63) is 65.7 Å². The first-order valence-corrected chi connectivity index (χ1v) is 6.44. The van der Waals surface area contributed by atoms with Crippen molar-refractivity contribution < 1.29 is 14.3 Å². The minimum Gasteiger partial charge on any atom is -0.497 e. The van der Waals surface area contributed by atoms with E-state index in [2.05, 4.69) is 0 Å². The molecule has 0 unspecified atom stereocenters. The van der Waals surface area contributed by atoms with Crippen molar-refractivity contribution in [1.29, 1.82) is 0 Å². The van der Waals surface area contributed by atoms with Gasteiger partial charge in [-0.25, -0.2) is 0 Å². The van der Waals surface area contributed by atoms with Crippen molar-refractivity contribution in [1.82, 2.24) is 0 Å². The van der Waals surface area contributed by atoms with Crippen LogP contribution in [0.25, 0.3) is 5.57 Å². The van der Waals surface area contributed by atoms with Crippen molar-refractivity contribution in [3.63, 3.8) is 0 Å². The van der Waals surface area contributed by atoms with Crippen LogP contribution < -0.4 is 15.2 Å². The molecule has 0 aromatic heterocycles. The second kappa shape index (κ2) is 6.61. The highest BCUT2D eigenvalue weighted by molar-refractivity contribution is 5.98. The lowest BCUT2D eigenvalue weighted by Crippen LogP contribution is -2.07. The molecule has 108 valence electrons. The Morgan fingerprint density at radius 1 is 0.857 bits per heavy atom. The van der Waals surface area contributed by atoms with E-state index in [-0.39, 0.29) is 0 Å². The Morgan fingerprint density at radius 2 is 1.24 bits per heavy atom. The minimum atomic E-state index is -0.489. The lowest BCUT2D eigenvalue weighted by atomic mass is 9.97. The first-order chi connectivity index (χ1) is 10.1. The molecule has 0 aliphatic rings. The average molecular weight is 283 g/mol. The fourth-order valence-electron chi connectivity index (χ4n) is 2.02. The molecule has 1 amide bonds. The molecular formula is C17H17NO3. The highest BCUT2D eigenvalue weighted by atomic mass is 16.5. The summed E-state index contributed by atoms with van der Waals surface area (Å²) in [4.78, 5) is 11.3. The number of hydrogen-bond acceptors (Lipinski definition) is 3. The van der Waals surface area contributed by atoms with Crippen LogP contribution in [0.1, 0.15) is 11.1 Å². The van der Waals surface area contributed by atoms with E-state index < -0.39 is 5.91 Å². The molecule has 2 rings (SSSR count). The normalized spacial score (nSPS) is 9.81. The number of amides is 1. The van der Waals surface area contributed by atoms with Gasteiger partial charge in [0.1, 0.15) is 11.5 Å². The molecule has 0 fully saturated rings. The van der Waals surface area contributed by atoms with Gasteiger partial charge >= 0.3 is 0 Å². The number of primary amides is 1. The molecule has 0 radical (unpaired) electrons. The minimum absolute atomic E-state index is 0.489. The molecule has 0 aliphatic heterocycles. The van der Waals surface area contributed by atoms with Crippen LogP contribution in [0, 0.1) is 0 Å². The summed E-state index contributed by atoms with van der Waals surface area (Å²) in [6.45, 7) is 0. The molecule has 4 nitrogen and oxygen atoms in total. The number of benzene rings is 2. The van der Waals surface area contributed by atoms with Gasteiger partial charge in [0.05, 0.1) is 14.2 Å². The van der Waals surface area contributed by atoms with Gasteiger partial charge in [0, 0.05) is 6.08 Å². The highest BCUT2D eigenvalue weighted by Crippen LogP contribution is 2.26. The summed E-state index contributed by atoms with van der Waals surface area (Å²) < 4.78 is 10.3. The third-order valence-corrected chi connectivity index (χ3v) is 3.09. The largest absolute Gasteiger partial charge is 0.497 e. The van der Waals surface area contributed by atoms with E-state index in [0.29, 0.717) is 0 Å². The summed E-state index contributed by atoms with van der Waals surface area (Å²) in [6, 6.07) is 14.9. The van der Waals surface area contributed by atoms with Gasteiger partial charge in [-0.05, 0) is 41.0 Å². The maximum atomic E-state index is 11.3. The zero-order valence-corrected chi connectivity index (χ0v) is 12.0. The van der Waals surface area contributed by atoms with Crippen LogP contribution in [0.2, 0.25) is 0 Å². The molecule has 0 atom stereocenters. The molecule has 2 N–H and O–H groups in total. The number of nitrogens with two attached hydrogens (primary N) is 1. The number of carbonyl (C=O) groups excluding carboxylic acids is 1. The predicted octanol–water partition coefficient (Wildman–Crippen LogP) is 2.62. The SMILES string of the molecule is COc1ccc(C(=CC(N)=O)c2ccc(OC)cc2)cc1. The zero-order chi connectivity index (χ0) is 15.2. The second-order valence-corrected chi connectivity index (χ2v) is 4.42. The molecular weight excluding hydrogens is 266 g/mol. The number of hydrogen-bond donors (Lipinski definition) is 1. The van der Waals surface area contributed by atoms with Gasteiger partial charge in [0.2, 0.25) is 5.91 Å². The first-order valence-electron chi connectivity index (χ1n) is 6.44. The molecule has 0 aliphatic carbocycles. The third kappa shape index (κ3) is 3.63.